The van der Waals surface area contributed by atoms with Gasteiger partial charge in [0.2, 0.25) is 0 Å². The first-order chi connectivity index (χ1) is 10.1. The van der Waals surface area contributed by atoms with Crippen LogP contribution in [0.2, 0.25) is 0 Å². The average molecular weight is 291 g/mol. The van der Waals surface area contributed by atoms with E-state index in [4.69, 9.17) is 4.74 Å². The van der Waals surface area contributed by atoms with Crippen LogP contribution in [0, 0.1) is 11.7 Å². The van der Waals surface area contributed by atoms with Gasteiger partial charge in [-0.2, -0.15) is 0 Å². The highest BCUT2D eigenvalue weighted by molar-refractivity contribution is 5.35. The molecule has 1 heterocycles. The van der Waals surface area contributed by atoms with E-state index in [2.05, 4.69) is 24.1 Å². The fourth-order valence-electron chi connectivity index (χ4n) is 2.02. The highest BCUT2D eigenvalue weighted by atomic mass is 19.1. The highest BCUT2D eigenvalue weighted by Gasteiger charge is 2.11. The van der Waals surface area contributed by atoms with Crippen LogP contribution in [0.25, 0.3) is 0 Å². The Morgan fingerprint density at radius 2 is 2.19 bits per heavy atom. The molecule has 0 spiro atoms. The summed E-state index contributed by atoms with van der Waals surface area (Å²) < 4.78 is 21.5. The van der Waals surface area contributed by atoms with Crippen molar-refractivity contribution in [1.29, 1.82) is 0 Å². The van der Waals surface area contributed by atoms with Gasteiger partial charge in [-0.05, 0) is 18.5 Å². The van der Waals surface area contributed by atoms with Crippen LogP contribution in [0.4, 0.5) is 4.39 Å². The first kappa shape index (κ1) is 15.5. The molecule has 0 saturated heterocycles. The van der Waals surface area contributed by atoms with Crippen LogP contribution in [-0.2, 0) is 20.2 Å². The smallest absolute Gasteiger partial charge is 0.165 e. The van der Waals surface area contributed by atoms with Crippen molar-refractivity contribution in [2.24, 2.45) is 13.0 Å². The molecule has 0 saturated carbocycles. The molecule has 0 aliphatic heterocycles. The second-order valence-electron chi connectivity index (χ2n) is 5.54. The van der Waals surface area contributed by atoms with E-state index >= 15 is 0 Å². The molecule has 21 heavy (non-hydrogen) atoms. The fourth-order valence-corrected chi connectivity index (χ4v) is 2.02. The molecule has 2 aromatic rings. The minimum Gasteiger partial charge on any atom is -0.484 e. The zero-order chi connectivity index (χ0) is 15.2. The summed E-state index contributed by atoms with van der Waals surface area (Å²) in [5.74, 6) is 0.536. The van der Waals surface area contributed by atoms with Gasteiger partial charge < -0.3 is 14.6 Å². The normalized spacial score (nSPS) is 11.1. The summed E-state index contributed by atoms with van der Waals surface area (Å²) in [6.45, 7) is 6.06. The predicted octanol–water partition coefficient (Wildman–Crippen LogP) is 2.88. The van der Waals surface area contributed by atoms with E-state index in [9.17, 15) is 4.39 Å². The van der Waals surface area contributed by atoms with Crippen LogP contribution in [0.1, 0.15) is 25.1 Å². The third-order valence-corrected chi connectivity index (χ3v) is 3.20. The van der Waals surface area contributed by atoms with E-state index < -0.39 is 0 Å². The maximum absolute atomic E-state index is 14.0. The van der Waals surface area contributed by atoms with Crippen molar-refractivity contribution in [3.05, 3.63) is 47.8 Å². The lowest BCUT2D eigenvalue weighted by Crippen LogP contribution is -2.19. The molecule has 0 bridgehead atoms. The van der Waals surface area contributed by atoms with Crippen molar-refractivity contribution >= 4 is 0 Å². The summed E-state index contributed by atoms with van der Waals surface area (Å²) in [5, 5.41) is 3.31. The van der Waals surface area contributed by atoms with Crippen molar-refractivity contribution in [3.63, 3.8) is 0 Å². The lowest BCUT2D eigenvalue weighted by molar-refractivity contribution is 0.278. The van der Waals surface area contributed by atoms with Crippen molar-refractivity contribution < 1.29 is 9.13 Å². The first-order valence-corrected chi connectivity index (χ1v) is 7.14. The zero-order valence-electron chi connectivity index (χ0n) is 12.8. The largest absolute Gasteiger partial charge is 0.484 e. The maximum Gasteiger partial charge on any atom is 0.165 e. The summed E-state index contributed by atoms with van der Waals surface area (Å²) in [5.41, 5.74) is 1.73. The zero-order valence-corrected chi connectivity index (χ0v) is 12.8. The molecule has 0 amide bonds. The first-order valence-electron chi connectivity index (χ1n) is 7.14. The number of imidazole rings is 1. The molecule has 5 heteroatoms. The SMILES string of the molecule is CC(C)CNCc1cccc(F)c1OCc1cncn1C. The number of hydrogen-bond donors (Lipinski definition) is 1. The molecule has 0 atom stereocenters. The van der Waals surface area contributed by atoms with Crippen molar-refractivity contribution in [3.8, 4) is 5.75 Å². The third-order valence-electron chi connectivity index (χ3n) is 3.20. The minimum absolute atomic E-state index is 0.300. The molecule has 1 N–H and O–H groups in total. The van der Waals surface area contributed by atoms with Gasteiger partial charge in [-0.25, -0.2) is 9.37 Å². The van der Waals surface area contributed by atoms with E-state index in [0.29, 0.717) is 24.8 Å². The quantitative estimate of drug-likeness (QED) is 0.852. The number of nitrogens with one attached hydrogen (secondary N) is 1. The molecule has 0 fully saturated rings. The van der Waals surface area contributed by atoms with Crippen molar-refractivity contribution in [2.45, 2.75) is 27.0 Å². The van der Waals surface area contributed by atoms with Crippen molar-refractivity contribution in [1.82, 2.24) is 14.9 Å². The number of benzene rings is 1. The Hall–Kier alpha value is -1.88. The average Bonchev–Trinajstić information content (AvgIpc) is 2.83. The van der Waals surface area contributed by atoms with Gasteiger partial charge in [0.1, 0.15) is 6.61 Å². The third kappa shape index (κ3) is 4.29. The number of ether oxygens (including phenoxy) is 1. The van der Waals surface area contributed by atoms with Crippen LogP contribution in [0.3, 0.4) is 0 Å². The van der Waals surface area contributed by atoms with Crippen LogP contribution < -0.4 is 10.1 Å². The summed E-state index contributed by atoms with van der Waals surface area (Å²) in [7, 11) is 1.89. The Morgan fingerprint density at radius 1 is 1.38 bits per heavy atom. The van der Waals surface area contributed by atoms with Gasteiger partial charge in [0.25, 0.3) is 0 Å². The standard InChI is InChI=1S/C16H22FN3O/c1-12(2)7-18-8-13-5-4-6-15(17)16(13)21-10-14-9-19-11-20(14)3/h4-6,9,11-12,18H,7-8,10H2,1-3H3. The lowest BCUT2D eigenvalue weighted by atomic mass is 10.1. The number of hydrogen-bond acceptors (Lipinski definition) is 3. The minimum atomic E-state index is -0.332. The number of para-hydroxylation sites is 1. The second-order valence-corrected chi connectivity index (χ2v) is 5.54. The van der Waals surface area contributed by atoms with E-state index in [-0.39, 0.29) is 5.82 Å². The molecule has 0 aliphatic carbocycles. The number of rotatable bonds is 7. The highest BCUT2D eigenvalue weighted by Crippen LogP contribution is 2.23. The Bertz CT molecular complexity index is 581. The molecule has 1 aromatic carbocycles. The predicted molar refractivity (Wildman–Crippen MR) is 80.5 cm³/mol. The Balaban J connectivity index is 2.05. The summed E-state index contributed by atoms with van der Waals surface area (Å²) in [6, 6.07) is 5.01. The molecule has 2 rings (SSSR count). The molecule has 1 aromatic heterocycles. The van der Waals surface area contributed by atoms with Crippen LogP contribution >= 0.6 is 0 Å². The summed E-state index contributed by atoms with van der Waals surface area (Å²) in [6.07, 6.45) is 3.42. The van der Waals surface area contributed by atoms with Gasteiger partial charge >= 0.3 is 0 Å². The second kappa shape index (κ2) is 7.22. The van der Waals surface area contributed by atoms with E-state index in [1.165, 1.54) is 6.07 Å². The lowest BCUT2D eigenvalue weighted by Gasteiger charge is -2.14. The molecule has 114 valence electrons. The van der Waals surface area contributed by atoms with E-state index in [1.54, 1.807) is 18.6 Å². The molecule has 0 radical (unpaired) electrons. The van der Waals surface area contributed by atoms with Gasteiger partial charge in [0.15, 0.2) is 11.6 Å². The van der Waals surface area contributed by atoms with Crippen LogP contribution in [0.5, 0.6) is 5.75 Å². The van der Waals surface area contributed by atoms with E-state index in [1.807, 2.05) is 17.7 Å². The van der Waals surface area contributed by atoms with Gasteiger partial charge in [0, 0.05) is 19.2 Å². The molecule has 0 unspecified atom stereocenters. The van der Waals surface area contributed by atoms with Gasteiger partial charge in [0.05, 0.1) is 18.2 Å². The fraction of sp³-hybridized carbons (Fsp3) is 0.438. The molecular weight excluding hydrogens is 269 g/mol. The Kier molecular flexibility index (Phi) is 5.33. The number of halogens is 1. The molecule has 0 aliphatic rings. The van der Waals surface area contributed by atoms with Crippen LogP contribution in [0.15, 0.2) is 30.7 Å². The summed E-state index contributed by atoms with van der Waals surface area (Å²) >= 11 is 0. The topological polar surface area (TPSA) is 39.1 Å². The summed E-state index contributed by atoms with van der Waals surface area (Å²) in [4.78, 5) is 4.02. The molecular formula is C16H22FN3O. The van der Waals surface area contributed by atoms with Gasteiger partial charge in [-0.3, -0.25) is 0 Å². The van der Waals surface area contributed by atoms with Crippen LogP contribution in [-0.4, -0.2) is 16.1 Å². The number of aromatic nitrogens is 2. The van der Waals surface area contributed by atoms with Gasteiger partial charge in [-0.1, -0.05) is 26.0 Å². The molecule has 4 nitrogen and oxygen atoms in total. The van der Waals surface area contributed by atoms with E-state index in [0.717, 1.165) is 17.8 Å². The Labute approximate surface area is 125 Å². The monoisotopic (exact) mass is 291 g/mol. The number of nitrogens with zero attached hydrogens (tertiary/aromatic N) is 2. The Morgan fingerprint density at radius 3 is 2.86 bits per heavy atom. The maximum atomic E-state index is 14.0. The van der Waals surface area contributed by atoms with Crippen molar-refractivity contribution in [2.75, 3.05) is 6.54 Å². The van der Waals surface area contributed by atoms with Gasteiger partial charge in [-0.15, -0.1) is 0 Å². The number of aryl methyl sites for hydroxylation is 1.